The van der Waals surface area contributed by atoms with Crippen LogP contribution < -0.4 is 5.32 Å². The van der Waals surface area contributed by atoms with E-state index in [1.807, 2.05) is 35.0 Å². The molecule has 0 spiro atoms. The van der Waals surface area contributed by atoms with Gasteiger partial charge in [0, 0.05) is 42.8 Å². The van der Waals surface area contributed by atoms with Gasteiger partial charge in [-0.15, -0.1) is 0 Å². The summed E-state index contributed by atoms with van der Waals surface area (Å²) in [5.41, 5.74) is 1.53. The predicted octanol–water partition coefficient (Wildman–Crippen LogP) is 3.57. The zero-order valence-corrected chi connectivity index (χ0v) is 17.8. The number of piperidine rings is 1. The van der Waals surface area contributed by atoms with Crippen LogP contribution in [-0.4, -0.2) is 41.3 Å². The van der Waals surface area contributed by atoms with Gasteiger partial charge >= 0.3 is 0 Å². The molecule has 2 aromatic carbocycles. The number of aromatic amines is 1. The minimum absolute atomic E-state index is 0.0958. The van der Waals surface area contributed by atoms with Crippen molar-refractivity contribution in [1.82, 2.24) is 13.9 Å². The van der Waals surface area contributed by atoms with Crippen LogP contribution in [0.15, 0.2) is 71.9 Å². The van der Waals surface area contributed by atoms with Crippen LogP contribution in [0.5, 0.6) is 0 Å². The molecular weight excluding hydrogens is 420 g/mol. The average Bonchev–Trinajstić information content (AvgIpc) is 3.20. The fourth-order valence-corrected chi connectivity index (χ4v) is 5.33. The van der Waals surface area contributed by atoms with Gasteiger partial charge in [0.1, 0.15) is 0 Å². The molecule has 1 saturated heterocycles. The Morgan fingerprint density at radius 2 is 1.80 bits per heavy atom. The third kappa shape index (κ3) is 4.23. The number of nitrogens with one attached hydrogen (secondary N) is 2. The number of anilines is 1. The lowest BCUT2D eigenvalue weighted by Gasteiger charge is -2.30. The van der Waals surface area contributed by atoms with Gasteiger partial charge in [0.05, 0.1) is 4.90 Å². The van der Waals surface area contributed by atoms with E-state index in [1.165, 1.54) is 4.31 Å². The van der Waals surface area contributed by atoms with Crippen LogP contribution in [0.2, 0.25) is 0 Å². The van der Waals surface area contributed by atoms with Crippen molar-refractivity contribution in [2.24, 2.45) is 5.92 Å². The smallest absolute Gasteiger partial charge is 0.243 e. The number of hydrogen-bond donors (Lipinski definition) is 2. The summed E-state index contributed by atoms with van der Waals surface area (Å²) >= 11 is 5.24. The highest BCUT2D eigenvalue weighted by Gasteiger charge is 2.32. The number of carbonyl (C=O) groups excluding carboxylic acids is 1. The van der Waals surface area contributed by atoms with Crippen LogP contribution in [0, 0.1) is 10.7 Å². The predicted molar refractivity (Wildman–Crippen MR) is 118 cm³/mol. The Hall–Kier alpha value is -2.75. The number of rotatable bonds is 5. The standard InChI is InChI=1S/C21H22N4O3S2/c26-20(23-17-5-4-6-18(15-17)25-14-11-22-21(25)29)16-9-12-24(13-10-16)30(27,28)19-7-2-1-3-8-19/h1-8,11,14-16H,9-10,12-13H2,(H,22,29)(H,23,26). The molecule has 1 aromatic heterocycles. The van der Waals surface area contributed by atoms with Gasteiger partial charge in [0.15, 0.2) is 4.77 Å². The maximum atomic E-state index is 12.7. The van der Waals surface area contributed by atoms with Gasteiger partial charge in [-0.25, -0.2) is 8.42 Å². The molecule has 1 amide bonds. The van der Waals surface area contributed by atoms with Crippen molar-refractivity contribution in [3.63, 3.8) is 0 Å². The molecule has 1 aliphatic rings. The van der Waals surface area contributed by atoms with Crippen LogP contribution >= 0.6 is 12.2 Å². The van der Waals surface area contributed by atoms with Gasteiger partial charge in [-0.3, -0.25) is 9.36 Å². The summed E-state index contributed by atoms with van der Waals surface area (Å²) in [6, 6.07) is 15.8. The third-order valence-corrected chi connectivity index (χ3v) is 7.47. The molecule has 1 aliphatic heterocycles. The van der Waals surface area contributed by atoms with E-state index in [4.69, 9.17) is 12.2 Å². The average molecular weight is 443 g/mol. The molecule has 30 heavy (non-hydrogen) atoms. The van der Waals surface area contributed by atoms with E-state index in [0.29, 0.717) is 36.4 Å². The molecule has 0 unspecified atom stereocenters. The SMILES string of the molecule is O=C(Nc1cccc(-n2cc[nH]c2=S)c1)C1CCN(S(=O)(=O)c2ccccc2)CC1. The lowest BCUT2D eigenvalue weighted by atomic mass is 9.97. The van der Waals surface area contributed by atoms with E-state index < -0.39 is 10.0 Å². The second-order valence-corrected chi connectivity index (χ2v) is 9.49. The number of aromatic nitrogens is 2. The minimum Gasteiger partial charge on any atom is -0.337 e. The van der Waals surface area contributed by atoms with E-state index in [-0.39, 0.29) is 16.7 Å². The molecule has 7 nitrogen and oxygen atoms in total. The molecule has 3 aromatic rings. The number of nitrogens with zero attached hydrogens (tertiary/aromatic N) is 2. The fraction of sp³-hybridized carbons (Fsp3) is 0.238. The summed E-state index contributed by atoms with van der Waals surface area (Å²) < 4.78 is 29.3. The maximum Gasteiger partial charge on any atom is 0.243 e. The van der Waals surface area contributed by atoms with Gasteiger partial charge in [0.2, 0.25) is 15.9 Å². The summed E-state index contributed by atoms with van der Waals surface area (Å²) in [6.07, 6.45) is 4.55. The molecule has 0 aliphatic carbocycles. The molecule has 0 atom stereocenters. The second kappa shape index (κ2) is 8.55. The monoisotopic (exact) mass is 442 g/mol. The number of imidazole rings is 1. The van der Waals surface area contributed by atoms with E-state index in [0.717, 1.165) is 5.69 Å². The summed E-state index contributed by atoms with van der Waals surface area (Å²) in [5.74, 6) is -0.327. The molecule has 2 heterocycles. The summed E-state index contributed by atoms with van der Waals surface area (Å²) in [7, 11) is -3.52. The third-order valence-electron chi connectivity index (χ3n) is 5.25. The van der Waals surface area contributed by atoms with Crippen molar-refractivity contribution < 1.29 is 13.2 Å². The summed E-state index contributed by atoms with van der Waals surface area (Å²) in [6.45, 7) is 0.654. The lowest BCUT2D eigenvalue weighted by molar-refractivity contribution is -0.120. The number of carbonyl (C=O) groups is 1. The van der Waals surface area contributed by atoms with Gasteiger partial charge in [-0.2, -0.15) is 4.31 Å². The van der Waals surface area contributed by atoms with E-state index in [9.17, 15) is 13.2 Å². The van der Waals surface area contributed by atoms with Gasteiger partial charge < -0.3 is 10.3 Å². The number of benzene rings is 2. The van der Waals surface area contributed by atoms with Crippen molar-refractivity contribution in [3.05, 3.63) is 71.8 Å². The molecule has 156 valence electrons. The largest absolute Gasteiger partial charge is 0.337 e. The Labute approximate surface area is 180 Å². The fourth-order valence-electron chi connectivity index (χ4n) is 3.60. The Morgan fingerprint density at radius 3 is 2.47 bits per heavy atom. The van der Waals surface area contributed by atoms with E-state index in [1.54, 1.807) is 36.5 Å². The normalized spacial score (nSPS) is 15.7. The first-order valence-corrected chi connectivity index (χ1v) is 11.5. The quantitative estimate of drug-likeness (QED) is 0.592. The first-order chi connectivity index (χ1) is 14.4. The summed E-state index contributed by atoms with van der Waals surface area (Å²) in [4.78, 5) is 16.0. The number of H-pyrrole nitrogens is 1. The summed E-state index contributed by atoms with van der Waals surface area (Å²) in [5, 5.41) is 2.95. The van der Waals surface area contributed by atoms with Crippen molar-refractivity contribution in [3.8, 4) is 5.69 Å². The van der Waals surface area contributed by atoms with Crippen LogP contribution in [0.3, 0.4) is 0 Å². The van der Waals surface area contributed by atoms with Crippen LogP contribution in [0.4, 0.5) is 5.69 Å². The van der Waals surface area contributed by atoms with Gasteiger partial charge in [0.25, 0.3) is 0 Å². The van der Waals surface area contributed by atoms with Gasteiger partial charge in [-0.1, -0.05) is 24.3 Å². The zero-order valence-electron chi connectivity index (χ0n) is 16.2. The highest BCUT2D eigenvalue weighted by atomic mass is 32.2. The van der Waals surface area contributed by atoms with Crippen LogP contribution in [0.1, 0.15) is 12.8 Å². The van der Waals surface area contributed by atoms with E-state index >= 15 is 0 Å². The first kappa shape index (κ1) is 20.5. The maximum absolute atomic E-state index is 12.7. The molecule has 0 bridgehead atoms. The van der Waals surface area contributed by atoms with Crippen LogP contribution in [0.25, 0.3) is 5.69 Å². The molecule has 1 fully saturated rings. The Balaban J connectivity index is 1.40. The molecule has 0 radical (unpaired) electrons. The zero-order chi connectivity index (χ0) is 21.1. The number of amides is 1. The van der Waals surface area contributed by atoms with E-state index in [2.05, 4.69) is 10.3 Å². The minimum atomic E-state index is -3.52. The Morgan fingerprint density at radius 1 is 1.07 bits per heavy atom. The number of hydrogen-bond acceptors (Lipinski definition) is 4. The van der Waals surface area contributed by atoms with Crippen molar-refractivity contribution in [2.45, 2.75) is 17.7 Å². The number of sulfonamides is 1. The molecule has 9 heteroatoms. The topological polar surface area (TPSA) is 87.2 Å². The molecule has 0 saturated carbocycles. The first-order valence-electron chi connectivity index (χ1n) is 9.68. The lowest BCUT2D eigenvalue weighted by Crippen LogP contribution is -2.41. The van der Waals surface area contributed by atoms with Crippen molar-refractivity contribution >= 4 is 33.8 Å². The Bertz CT molecular complexity index is 1190. The molecule has 2 N–H and O–H groups in total. The second-order valence-electron chi connectivity index (χ2n) is 7.17. The van der Waals surface area contributed by atoms with Crippen molar-refractivity contribution in [2.75, 3.05) is 18.4 Å². The molecule has 4 rings (SSSR count). The molecular formula is C21H22N4O3S2. The highest BCUT2D eigenvalue weighted by Crippen LogP contribution is 2.25. The van der Waals surface area contributed by atoms with Crippen molar-refractivity contribution in [1.29, 1.82) is 0 Å². The highest BCUT2D eigenvalue weighted by molar-refractivity contribution is 7.89. The Kier molecular flexibility index (Phi) is 5.85. The van der Waals surface area contributed by atoms with Crippen LogP contribution in [-0.2, 0) is 14.8 Å². The van der Waals surface area contributed by atoms with Gasteiger partial charge in [-0.05, 0) is 55.4 Å².